The van der Waals surface area contributed by atoms with Crippen molar-refractivity contribution in [2.24, 2.45) is 0 Å². The van der Waals surface area contributed by atoms with E-state index in [1.807, 2.05) is 31.2 Å². The Morgan fingerprint density at radius 2 is 1.72 bits per heavy atom. The van der Waals surface area contributed by atoms with Crippen molar-refractivity contribution in [3.05, 3.63) is 59.7 Å². The molecule has 2 aromatic carbocycles. The maximum Gasteiger partial charge on any atom is 0.243 e. The smallest absolute Gasteiger partial charge is 0.243 e. The van der Waals surface area contributed by atoms with Crippen molar-refractivity contribution in [2.75, 3.05) is 33.3 Å². The minimum Gasteiger partial charge on any atom is -0.496 e. The van der Waals surface area contributed by atoms with E-state index in [0.717, 1.165) is 23.4 Å². The average molecular weight is 360 g/mol. The number of nitrogens with zero attached hydrogens (tertiary/aromatic N) is 2. The summed E-state index contributed by atoms with van der Waals surface area (Å²) in [6.45, 7) is 5.11. The molecule has 5 nitrogen and oxygen atoms in total. The average Bonchev–Trinajstić information content (AvgIpc) is 2.63. The Kier molecular flexibility index (Phi) is 5.42. The van der Waals surface area contributed by atoms with Gasteiger partial charge < -0.3 is 4.74 Å². The number of hydrogen-bond donors (Lipinski definition) is 0. The SMILES string of the molecule is COc1ccccc1CN1CCN(S(=O)(=O)c2cccc(C)c2)CC1. The van der Waals surface area contributed by atoms with E-state index >= 15 is 0 Å². The van der Waals surface area contributed by atoms with E-state index in [2.05, 4.69) is 11.0 Å². The number of piperazine rings is 1. The van der Waals surface area contributed by atoms with Gasteiger partial charge in [0.05, 0.1) is 12.0 Å². The zero-order valence-corrected chi connectivity index (χ0v) is 15.5. The maximum atomic E-state index is 12.8. The van der Waals surface area contributed by atoms with E-state index in [1.54, 1.807) is 29.6 Å². The predicted molar refractivity (Wildman–Crippen MR) is 98.2 cm³/mol. The first-order valence-electron chi connectivity index (χ1n) is 8.42. The molecule has 0 unspecified atom stereocenters. The summed E-state index contributed by atoms with van der Waals surface area (Å²) in [6, 6.07) is 15.1. The van der Waals surface area contributed by atoms with E-state index in [1.165, 1.54) is 0 Å². The van der Waals surface area contributed by atoms with Gasteiger partial charge in [-0.3, -0.25) is 4.90 Å². The monoisotopic (exact) mass is 360 g/mol. The van der Waals surface area contributed by atoms with Gasteiger partial charge >= 0.3 is 0 Å². The Morgan fingerprint density at radius 1 is 1.00 bits per heavy atom. The summed E-state index contributed by atoms with van der Waals surface area (Å²) in [4.78, 5) is 2.64. The van der Waals surface area contributed by atoms with Crippen LogP contribution in [0.2, 0.25) is 0 Å². The van der Waals surface area contributed by atoms with Crippen molar-refractivity contribution in [3.63, 3.8) is 0 Å². The lowest BCUT2D eigenvalue weighted by Gasteiger charge is -2.34. The summed E-state index contributed by atoms with van der Waals surface area (Å²) in [5.74, 6) is 0.873. The summed E-state index contributed by atoms with van der Waals surface area (Å²) >= 11 is 0. The minimum atomic E-state index is -3.41. The van der Waals surface area contributed by atoms with E-state index in [9.17, 15) is 8.42 Å². The summed E-state index contributed by atoms with van der Waals surface area (Å²) in [5.41, 5.74) is 2.08. The molecule has 1 heterocycles. The number of sulfonamides is 1. The number of hydrogen-bond acceptors (Lipinski definition) is 4. The molecule has 1 fully saturated rings. The summed E-state index contributed by atoms with van der Waals surface area (Å²) in [6.07, 6.45) is 0. The summed E-state index contributed by atoms with van der Waals surface area (Å²) < 4.78 is 32.6. The molecule has 0 aliphatic carbocycles. The Bertz CT molecular complexity index is 828. The van der Waals surface area contributed by atoms with Crippen molar-refractivity contribution >= 4 is 10.0 Å². The molecule has 134 valence electrons. The van der Waals surface area contributed by atoms with Crippen LogP contribution >= 0.6 is 0 Å². The molecule has 0 spiro atoms. The first-order chi connectivity index (χ1) is 12.0. The number of ether oxygens (including phenoxy) is 1. The second-order valence-corrected chi connectivity index (χ2v) is 8.25. The molecule has 0 amide bonds. The molecule has 0 aromatic heterocycles. The van der Waals surface area contributed by atoms with E-state index in [4.69, 9.17) is 4.74 Å². The molecule has 6 heteroatoms. The lowest BCUT2D eigenvalue weighted by atomic mass is 10.2. The number of aryl methyl sites for hydroxylation is 1. The van der Waals surface area contributed by atoms with Crippen LogP contribution in [0, 0.1) is 6.92 Å². The van der Waals surface area contributed by atoms with Crippen molar-refractivity contribution < 1.29 is 13.2 Å². The van der Waals surface area contributed by atoms with Gasteiger partial charge in [-0.05, 0) is 30.7 Å². The molecule has 0 saturated carbocycles. The van der Waals surface area contributed by atoms with Gasteiger partial charge in [-0.1, -0.05) is 30.3 Å². The third kappa shape index (κ3) is 4.03. The standard InChI is InChI=1S/C19H24N2O3S/c1-16-6-5-8-18(14-16)25(22,23)21-12-10-20(11-13-21)15-17-7-3-4-9-19(17)24-2/h3-9,14H,10-13,15H2,1-2H3. The molecule has 0 N–H and O–H groups in total. The van der Waals surface area contributed by atoms with E-state index < -0.39 is 10.0 Å². The van der Waals surface area contributed by atoms with Gasteiger partial charge in [-0.25, -0.2) is 8.42 Å². The van der Waals surface area contributed by atoms with E-state index in [0.29, 0.717) is 31.1 Å². The van der Waals surface area contributed by atoms with Crippen molar-refractivity contribution in [2.45, 2.75) is 18.4 Å². The Morgan fingerprint density at radius 3 is 2.40 bits per heavy atom. The molecular formula is C19H24N2O3S. The van der Waals surface area contributed by atoms with Crippen LogP contribution in [0.5, 0.6) is 5.75 Å². The fourth-order valence-electron chi connectivity index (χ4n) is 3.13. The minimum absolute atomic E-state index is 0.380. The second kappa shape index (κ2) is 7.56. The van der Waals surface area contributed by atoms with Crippen molar-refractivity contribution in [1.82, 2.24) is 9.21 Å². The highest BCUT2D eigenvalue weighted by Crippen LogP contribution is 2.22. The van der Waals surface area contributed by atoms with Crippen LogP contribution in [0.1, 0.15) is 11.1 Å². The van der Waals surface area contributed by atoms with Gasteiger partial charge in [0.15, 0.2) is 0 Å². The predicted octanol–water partition coefficient (Wildman–Crippen LogP) is 2.51. The Balaban J connectivity index is 1.65. The van der Waals surface area contributed by atoms with Crippen LogP contribution < -0.4 is 4.74 Å². The fraction of sp³-hybridized carbons (Fsp3) is 0.368. The van der Waals surface area contributed by atoms with Gasteiger partial charge in [-0.15, -0.1) is 0 Å². The van der Waals surface area contributed by atoms with Crippen molar-refractivity contribution in [1.29, 1.82) is 0 Å². The molecule has 1 saturated heterocycles. The molecule has 25 heavy (non-hydrogen) atoms. The number of methoxy groups -OCH3 is 1. The quantitative estimate of drug-likeness (QED) is 0.822. The van der Waals surface area contributed by atoms with Crippen LogP contribution in [0.15, 0.2) is 53.4 Å². The number of rotatable bonds is 5. The largest absolute Gasteiger partial charge is 0.496 e. The highest BCUT2D eigenvalue weighted by atomic mass is 32.2. The fourth-order valence-corrected chi connectivity index (χ4v) is 4.65. The maximum absolute atomic E-state index is 12.8. The summed E-state index contributed by atoms with van der Waals surface area (Å²) in [7, 11) is -1.74. The van der Waals surface area contributed by atoms with Crippen LogP contribution in [-0.2, 0) is 16.6 Å². The van der Waals surface area contributed by atoms with Crippen LogP contribution in [0.4, 0.5) is 0 Å². The molecule has 1 aliphatic rings. The number of para-hydroxylation sites is 1. The second-order valence-electron chi connectivity index (χ2n) is 6.31. The van der Waals surface area contributed by atoms with Gasteiger partial charge in [-0.2, -0.15) is 4.31 Å². The summed E-state index contributed by atoms with van der Waals surface area (Å²) in [5, 5.41) is 0. The van der Waals surface area contributed by atoms with Crippen molar-refractivity contribution in [3.8, 4) is 5.75 Å². The third-order valence-electron chi connectivity index (χ3n) is 4.55. The highest BCUT2D eigenvalue weighted by molar-refractivity contribution is 7.89. The van der Waals surface area contributed by atoms with Crippen LogP contribution in [0.3, 0.4) is 0 Å². The molecule has 2 aromatic rings. The first-order valence-corrected chi connectivity index (χ1v) is 9.86. The molecule has 1 aliphatic heterocycles. The first kappa shape index (κ1) is 17.9. The van der Waals surface area contributed by atoms with Gasteiger partial charge in [0.25, 0.3) is 0 Å². The van der Waals surface area contributed by atoms with Crippen LogP contribution in [-0.4, -0.2) is 50.9 Å². The third-order valence-corrected chi connectivity index (χ3v) is 6.44. The van der Waals surface area contributed by atoms with Gasteiger partial charge in [0.2, 0.25) is 10.0 Å². The Hall–Kier alpha value is -1.89. The zero-order valence-electron chi connectivity index (χ0n) is 14.7. The highest BCUT2D eigenvalue weighted by Gasteiger charge is 2.28. The number of benzene rings is 2. The zero-order chi connectivity index (χ0) is 17.9. The van der Waals surface area contributed by atoms with Gasteiger partial charge in [0.1, 0.15) is 5.75 Å². The van der Waals surface area contributed by atoms with Crippen LogP contribution in [0.25, 0.3) is 0 Å². The molecule has 0 atom stereocenters. The van der Waals surface area contributed by atoms with Gasteiger partial charge in [0, 0.05) is 38.3 Å². The lowest BCUT2D eigenvalue weighted by molar-refractivity contribution is 0.180. The molecule has 0 bridgehead atoms. The van der Waals surface area contributed by atoms with E-state index in [-0.39, 0.29) is 0 Å². The topological polar surface area (TPSA) is 49.9 Å². The normalized spacial score (nSPS) is 16.7. The molecular weight excluding hydrogens is 336 g/mol. The molecule has 3 rings (SSSR count). The Labute approximate surface area is 149 Å². The lowest BCUT2D eigenvalue weighted by Crippen LogP contribution is -2.48. The molecule has 0 radical (unpaired) electrons.